The van der Waals surface area contributed by atoms with Crippen molar-refractivity contribution in [2.24, 2.45) is 0 Å². The lowest BCUT2D eigenvalue weighted by molar-refractivity contribution is -0.150. The first kappa shape index (κ1) is 27.1. The van der Waals surface area contributed by atoms with E-state index in [1.807, 2.05) is 30.5 Å². The number of carbonyl (C=O) groups excluding carboxylic acids is 3. The van der Waals surface area contributed by atoms with E-state index in [1.54, 1.807) is 52.0 Å². The van der Waals surface area contributed by atoms with Gasteiger partial charge in [-0.05, 0) is 51.0 Å². The summed E-state index contributed by atoms with van der Waals surface area (Å²) in [5.41, 5.74) is 1.67. The van der Waals surface area contributed by atoms with E-state index in [0.717, 1.165) is 16.5 Å². The van der Waals surface area contributed by atoms with Crippen molar-refractivity contribution in [2.75, 3.05) is 13.2 Å². The van der Waals surface area contributed by atoms with Crippen LogP contribution in [0.4, 0.5) is 4.79 Å². The average molecular weight is 514 g/mol. The Morgan fingerprint density at radius 1 is 1.06 bits per heavy atom. The van der Waals surface area contributed by atoms with Gasteiger partial charge in [0.2, 0.25) is 5.91 Å². The van der Waals surface area contributed by atoms with E-state index < -0.39 is 29.6 Å². The van der Waals surface area contributed by atoms with Crippen LogP contribution in [-0.2, 0) is 32.0 Å². The minimum atomic E-state index is -1.00. The molecule has 0 saturated carbocycles. The molecule has 0 bridgehead atoms. The Kier molecular flexibility index (Phi) is 8.98. The number of hydrogen-bond acceptors (Lipinski definition) is 5. The van der Waals surface area contributed by atoms with Crippen LogP contribution < -0.4 is 5.32 Å². The molecule has 8 nitrogen and oxygen atoms in total. The van der Waals surface area contributed by atoms with Gasteiger partial charge in [-0.2, -0.15) is 0 Å². The van der Waals surface area contributed by atoms with E-state index in [0.29, 0.717) is 10.6 Å². The van der Waals surface area contributed by atoms with Crippen LogP contribution in [0.3, 0.4) is 0 Å². The topological polar surface area (TPSA) is 101 Å². The normalized spacial score (nSPS) is 12.1. The summed E-state index contributed by atoms with van der Waals surface area (Å²) in [5.74, 6) is -1.01. The third-order valence-electron chi connectivity index (χ3n) is 5.34. The molecule has 0 spiro atoms. The standard InChI is InChI=1S/C27H32ClN3O5/c1-5-35-24(32)17-31(16-18-10-6-8-12-21(18)28)25(33)23(30-26(34)36-27(2,3)4)14-19-15-29-22-13-9-7-11-20(19)22/h6-13,15,23,29H,5,14,16-17H2,1-4H3,(H,30,34). The quantitative estimate of drug-likeness (QED) is 0.398. The molecule has 0 saturated heterocycles. The molecule has 0 fully saturated rings. The Balaban J connectivity index is 1.93. The van der Waals surface area contributed by atoms with Gasteiger partial charge >= 0.3 is 12.1 Å². The number of nitrogens with zero attached hydrogens (tertiary/aromatic N) is 1. The lowest BCUT2D eigenvalue weighted by Crippen LogP contribution is -2.51. The number of fused-ring (bicyclic) bond motifs is 1. The lowest BCUT2D eigenvalue weighted by atomic mass is 10.0. The summed E-state index contributed by atoms with van der Waals surface area (Å²) in [7, 11) is 0. The second kappa shape index (κ2) is 11.9. The highest BCUT2D eigenvalue weighted by molar-refractivity contribution is 6.31. The van der Waals surface area contributed by atoms with Gasteiger partial charge in [0.15, 0.2) is 0 Å². The Morgan fingerprint density at radius 2 is 1.75 bits per heavy atom. The maximum Gasteiger partial charge on any atom is 0.408 e. The predicted molar refractivity (Wildman–Crippen MR) is 139 cm³/mol. The molecule has 0 aliphatic heterocycles. The highest BCUT2D eigenvalue weighted by atomic mass is 35.5. The number of amides is 2. The van der Waals surface area contributed by atoms with E-state index in [1.165, 1.54) is 4.90 Å². The molecule has 1 unspecified atom stereocenters. The summed E-state index contributed by atoms with van der Waals surface area (Å²) >= 11 is 6.34. The van der Waals surface area contributed by atoms with Crippen molar-refractivity contribution in [3.05, 3.63) is 70.9 Å². The number of benzene rings is 2. The fraction of sp³-hybridized carbons (Fsp3) is 0.370. The van der Waals surface area contributed by atoms with Crippen molar-refractivity contribution in [2.45, 2.75) is 52.3 Å². The zero-order chi connectivity index (χ0) is 26.3. The molecule has 2 amide bonds. The molecule has 1 heterocycles. The van der Waals surface area contributed by atoms with E-state index in [9.17, 15) is 14.4 Å². The van der Waals surface area contributed by atoms with Gasteiger partial charge in [-0.15, -0.1) is 0 Å². The molecule has 3 rings (SSSR count). The molecule has 0 aliphatic carbocycles. The molecule has 192 valence electrons. The van der Waals surface area contributed by atoms with Gasteiger partial charge < -0.3 is 24.7 Å². The van der Waals surface area contributed by atoms with Gasteiger partial charge in [0, 0.05) is 35.1 Å². The molecule has 1 atom stereocenters. The van der Waals surface area contributed by atoms with Crippen LogP contribution in [0, 0.1) is 0 Å². The number of nitrogens with one attached hydrogen (secondary N) is 2. The first-order valence-corrected chi connectivity index (χ1v) is 12.2. The Morgan fingerprint density at radius 3 is 2.44 bits per heavy atom. The monoisotopic (exact) mass is 513 g/mol. The lowest BCUT2D eigenvalue weighted by Gasteiger charge is -2.28. The van der Waals surface area contributed by atoms with Crippen molar-refractivity contribution in [3.8, 4) is 0 Å². The maximum absolute atomic E-state index is 13.9. The van der Waals surface area contributed by atoms with Crippen LogP contribution >= 0.6 is 11.6 Å². The highest BCUT2D eigenvalue weighted by Gasteiger charge is 2.31. The Hall–Kier alpha value is -3.52. The van der Waals surface area contributed by atoms with Crippen LogP contribution in [0.5, 0.6) is 0 Å². The molecule has 3 aromatic rings. The molecule has 2 aromatic carbocycles. The van der Waals surface area contributed by atoms with E-state index in [4.69, 9.17) is 21.1 Å². The fourth-order valence-corrected chi connectivity index (χ4v) is 3.99. The smallest absolute Gasteiger partial charge is 0.408 e. The molecule has 9 heteroatoms. The average Bonchev–Trinajstić information content (AvgIpc) is 3.21. The molecule has 36 heavy (non-hydrogen) atoms. The zero-order valence-corrected chi connectivity index (χ0v) is 21.7. The minimum absolute atomic E-state index is 0.0672. The third kappa shape index (κ3) is 7.49. The molecular formula is C27H32ClN3O5. The van der Waals surface area contributed by atoms with E-state index >= 15 is 0 Å². The Bertz CT molecular complexity index is 1220. The van der Waals surface area contributed by atoms with Crippen molar-refractivity contribution >= 4 is 40.5 Å². The largest absolute Gasteiger partial charge is 0.465 e. The van der Waals surface area contributed by atoms with Gasteiger partial charge in [-0.25, -0.2) is 4.79 Å². The summed E-state index contributed by atoms with van der Waals surface area (Å²) in [5, 5.41) is 4.11. The number of hydrogen-bond donors (Lipinski definition) is 2. The maximum atomic E-state index is 13.9. The summed E-state index contributed by atoms with van der Waals surface area (Å²) in [4.78, 5) is 43.5. The summed E-state index contributed by atoms with van der Waals surface area (Å²) in [6, 6.07) is 13.8. The van der Waals surface area contributed by atoms with Gasteiger partial charge in [-0.3, -0.25) is 9.59 Å². The number of H-pyrrole nitrogens is 1. The second-order valence-electron chi connectivity index (χ2n) is 9.35. The number of halogens is 1. The van der Waals surface area contributed by atoms with Crippen molar-refractivity contribution in [1.82, 2.24) is 15.2 Å². The molecule has 1 aromatic heterocycles. The summed E-state index contributed by atoms with van der Waals surface area (Å²) < 4.78 is 10.5. The van der Waals surface area contributed by atoms with Crippen LogP contribution in [0.15, 0.2) is 54.7 Å². The second-order valence-corrected chi connectivity index (χ2v) is 9.76. The van der Waals surface area contributed by atoms with Crippen LogP contribution in [0.1, 0.15) is 38.8 Å². The summed E-state index contributed by atoms with van der Waals surface area (Å²) in [6.07, 6.45) is 1.27. The SMILES string of the molecule is CCOC(=O)CN(Cc1ccccc1Cl)C(=O)C(Cc1c[nH]c2ccccc12)NC(=O)OC(C)(C)C. The fourth-order valence-electron chi connectivity index (χ4n) is 3.80. The van der Waals surface area contributed by atoms with Gasteiger partial charge in [0.05, 0.1) is 6.61 Å². The number of alkyl carbamates (subject to hydrolysis) is 1. The van der Waals surface area contributed by atoms with Crippen LogP contribution in [0.25, 0.3) is 10.9 Å². The van der Waals surface area contributed by atoms with Gasteiger partial charge in [0.1, 0.15) is 18.2 Å². The molecule has 0 aliphatic rings. The van der Waals surface area contributed by atoms with Crippen molar-refractivity contribution in [3.63, 3.8) is 0 Å². The molecular weight excluding hydrogens is 482 g/mol. The molecule has 2 N–H and O–H groups in total. The van der Waals surface area contributed by atoms with E-state index in [2.05, 4.69) is 10.3 Å². The first-order chi connectivity index (χ1) is 17.1. The highest BCUT2D eigenvalue weighted by Crippen LogP contribution is 2.22. The van der Waals surface area contributed by atoms with E-state index in [-0.39, 0.29) is 26.1 Å². The minimum Gasteiger partial charge on any atom is -0.465 e. The number of para-hydroxylation sites is 1. The van der Waals surface area contributed by atoms with Crippen molar-refractivity contribution < 1.29 is 23.9 Å². The first-order valence-electron chi connectivity index (χ1n) is 11.8. The van der Waals surface area contributed by atoms with Gasteiger partial charge in [0.25, 0.3) is 0 Å². The predicted octanol–water partition coefficient (Wildman–Crippen LogP) is 4.85. The summed E-state index contributed by atoms with van der Waals surface area (Å²) in [6.45, 7) is 6.88. The Labute approximate surface area is 215 Å². The number of rotatable bonds is 9. The zero-order valence-electron chi connectivity index (χ0n) is 21.0. The number of aromatic nitrogens is 1. The molecule has 0 radical (unpaired) electrons. The van der Waals surface area contributed by atoms with Crippen LogP contribution in [-0.4, -0.2) is 52.6 Å². The number of ether oxygens (including phenoxy) is 2. The number of aromatic amines is 1. The number of esters is 1. The third-order valence-corrected chi connectivity index (χ3v) is 5.71. The van der Waals surface area contributed by atoms with Crippen LogP contribution in [0.2, 0.25) is 5.02 Å². The van der Waals surface area contributed by atoms with Gasteiger partial charge in [-0.1, -0.05) is 48.0 Å². The number of carbonyl (C=O) groups is 3. The van der Waals surface area contributed by atoms with Crippen molar-refractivity contribution in [1.29, 1.82) is 0 Å².